The predicted octanol–water partition coefficient (Wildman–Crippen LogP) is 0.879. The summed E-state index contributed by atoms with van der Waals surface area (Å²) in [4.78, 5) is 24.4. The molecule has 0 heterocycles. The molecule has 1 amide bonds. The lowest BCUT2D eigenvalue weighted by Gasteiger charge is -2.16. The van der Waals surface area contributed by atoms with E-state index in [-0.39, 0.29) is 18.7 Å². The second-order valence-electron chi connectivity index (χ2n) is 4.92. The highest BCUT2D eigenvalue weighted by Gasteiger charge is 2.16. The molecule has 0 aliphatic rings. The molecule has 6 heteroatoms. The number of carboxylic acids is 1. The third-order valence-corrected chi connectivity index (χ3v) is 2.77. The van der Waals surface area contributed by atoms with E-state index < -0.39 is 12.0 Å². The highest BCUT2D eigenvalue weighted by molar-refractivity contribution is 5.95. The van der Waals surface area contributed by atoms with Crippen LogP contribution in [0.15, 0.2) is 24.3 Å². The molecule has 1 unspecified atom stereocenters. The van der Waals surface area contributed by atoms with E-state index in [9.17, 15) is 9.59 Å². The number of carboxylic acid groups (broad SMARTS) is 1. The average molecular weight is 279 g/mol. The van der Waals surface area contributed by atoms with Crippen molar-refractivity contribution in [3.8, 4) is 0 Å². The molecule has 1 aromatic rings. The van der Waals surface area contributed by atoms with Gasteiger partial charge in [0.05, 0.1) is 6.04 Å². The molecule has 4 N–H and O–H groups in total. The van der Waals surface area contributed by atoms with Crippen molar-refractivity contribution in [1.29, 1.82) is 0 Å². The van der Waals surface area contributed by atoms with Gasteiger partial charge in [-0.3, -0.25) is 9.59 Å². The highest BCUT2D eigenvalue weighted by atomic mass is 16.4. The third kappa shape index (κ3) is 5.38. The van der Waals surface area contributed by atoms with Crippen LogP contribution >= 0.6 is 0 Å². The molecule has 0 aliphatic carbocycles. The van der Waals surface area contributed by atoms with E-state index in [0.717, 1.165) is 5.56 Å². The largest absolute Gasteiger partial charge is 0.481 e. The number of anilines is 1. The number of hydrogen-bond acceptors (Lipinski definition) is 4. The molecule has 110 valence electrons. The standard InChI is InChI=1S/C14H21N3O3/c1-17(2)9-10-5-3-4-6-12(10)16-14(20)11(15)7-8-13(18)19/h3-6,11H,7-9,15H2,1-2H3,(H,16,20)(H,18,19). The first-order valence-corrected chi connectivity index (χ1v) is 6.41. The molecule has 0 saturated carbocycles. The van der Waals surface area contributed by atoms with Crippen molar-refractivity contribution in [2.45, 2.75) is 25.4 Å². The molecule has 0 aliphatic heterocycles. The van der Waals surface area contributed by atoms with Gasteiger partial charge in [0.1, 0.15) is 0 Å². The summed E-state index contributed by atoms with van der Waals surface area (Å²) in [6.45, 7) is 0.695. The van der Waals surface area contributed by atoms with Crippen LogP contribution in [0.5, 0.6) is 0 Å². The maximum atomic E-state index is 11.9. The van der Waals surface area contributed by atoms with Crippen molar-refractivity contribution in [3.63, 3.8) is 0 Å². The minimum atomic E-state index is -0.957. The summed E-state index contributed by atoms with van der Waals surface area (Å²) >= 11 is 0. The second-order valence-corrected chi connectivity index (χ2v) is 4.92. The summed E-state index contributed by atoms with van der Waals surface area (Å²) < 4.78 is 0. The van der Waals surface area contributed by atoms with Crippen molar-refractivity contribution < 1.29 is 14.7 Å². The SMILES string of the molecule is CN(C)Cc1ccccc1NC(=O)C(N)CCC(=O)O. The van der Waals surface area contributed by atoms with Crippen molar-refractivity contribution in [2.24, 2.45) is 5.73 Å². The maximum absolute atomic E-state index is 11.9. The molecule has 0 fully saturated rings. The molecule has 0 bridgehead atoms. The molecule has 6 nitrogen and oxygen atoms in total. The molecule has 0 spiro atoms. The van der Waals surface area contributed by atoms with Gasteiger partial charge in [0.2, 0.25) is 5.91 Å². The Balaban J connectivity index is 2.67. The van der Waals surface area contributed by atoms with Gasteiger partial charge in [-0.2, -0.15) is 0 Å². The highest BCUT2D eigenvalue weighted by Crippen LogP contribution is 2.16. The number of nitrogens with two attached hydrogens (primary N) is 1. The van der Waals surface area contributed by atoms with E-state index in [4.69, 9.17) is 10.8 Å². The zero-order valence-electron chi connectivity index (χ0n) is 11.8. The lowest BCUT2D eigenvalue weighted by Crippen LogP contribution is -2.36. The van der Waals surface area contributed by atoms with E-state index in [0.29, 0.717) is 12.2 Å². The van der Waals surface area contributed by atoms with E-state index in [2.05, 4.69) is 5.32 Å². The van der Waals surface area contributed by atoms with E-state index in [1.54, 1.807) is 6.07 Å². The van der Waals surface area contributed by atoms with Crippen molar-refractivity contribution in [3.05, 3.63) is 29.8 Å². The molecular formula is C14H21N3O3. The zero-order valence-corrected chi connectivity index (χ0v) is 11.8. The van der Waals surface area contributed by atoms with Crippen LogP contribution in [0.4, 0.5) is 5.69 Å². The number of para-hydroxylation sites is 1. The Hall–Kier alpha value is -1.92. The van der Waals surface area contributed by atoms with Gasteiger partial charge >= 0.3 is 5.97 Å². The fourth-order valence-corrected chi connectivity index (χ4v) is 1.76. The Kier molecular flexibility index (Phi) is 6.14. The van der Waals surface area contributed by atoms with E-state index >= 15 is 0 Å². The van der Waals surface area contributed by atoms with Crippen LogP contribution in [0.2, 0.25) is 0 Å². The number of nitrogens with zero attached hydrogens (tertiary/aromatic N) is 1. The maximum Gasteiger partial charge on any atom is 0.303 e. The molecule has 1 aromatic carbocycles. The van der Waals surface area contributed by atoms with Crippen LogP contribution < -0.4 is 11.1 Å². The van der Waals surface area contributed by atoms with Gasteiger partial charge < -0.3 is 21.1 Å². The first-order chi connectivity index (χ1) is 9.40. The topological polar surface area (TPSA) is 95.7 Å². The Labute approximate surface area is 118 Å². The van der Waals surface area contributed by atoms with Crippen LogP contribution in [0.25, 0.3) is 0 Å². The number of nitrogens with one attached hydrogen (secondary N) is 1. The molecule has 0 radical (unpaired) electrons. The normalized spacial score (nSPS) is 12.2. The first-order valence-electron chi connectivity index (χ1n) is 6.41. The predicted molar refractivity (Wildman–Crippen MR) is 77.3 cm³/mol. The summed E-state index contributed by atoms with van der Waals surface area (Å²) in [5, 5.41) is 11.3. The van der Waals surface area contributed by atoms with Crippen LogP contribution in [0, 0.1) is 0 Å². The molecule has 1 rings (SSSR count). The van der Waals surface area contributed by atoms with Gasteiger partial charge in [-0.15, -0.1) is 0 Å². The fourth-order valence-electron chi connectivity index (χ4n) is 1.76. The molecule has 20 heavy (non-hydrogen) atoms. The fraction of sp³-hybridized carbons (Fsp3) is 0.429. The van der Waals surface area contributed by atoms with Gasteiger partial charge in [0.15, 0.2) is 0 Å². The summed E-state index contributed by atoms with van der Waals surface area (Å²) in [6, 6.07) is 6.65. The lowest BCUT2D eigenvalue weighted by molar-refractivity contribution is -0.137. The Bertz CT molecular complexity index is 474. The van der Waals surface area contributed by atoms with Gasteiger partial charge in [-0.25, -0.2) is 0 Å². The van der Waals surface area contributed by atoms with Gasteiger partial charge in [0.25, 0.3) is 0 Å². The second kappa shape index (κ2) is 7.62. The lowest BCUT2D eigenvalue weighted by atomic mass is 10.1. The average Bonchev–Trinajstić information content (AvgIpc) is 2.37. The van der Waals surface area contributed by atoms with E-state index in [1.165, 1.54) is 0 Å². The number of carbonyl (C=O) groups excluding carboxylic acids is 1. The summed E-state index contributed by atoms with van der Waals surface area (Å²) in [7, 11) is 3.88. The van der Waals surface area contributed by atoms with Gasteiger partial charge in [-0.05, 0) is 32.1 Å². The quantitative estimate of drug-likeness (QED) is 0.688. The Morgan fingerprint density at radius 1 is 1.35 bits per heavy atom. The Morgan fingerprint density at radius 2 is 2.00 bits per heavy atom. The van der Waals surface area contributed by atoms with Crippen LogP contribution in [-0.4, -0.2) is 42.0 Å². The molecular weight excluding hydrogens is 258 g/mol. The van der Waals surface area contributed by atoms with Crippen LogP contribution in [0.1, 0.15) is 18.4 Å². The number of hydrogen-bond donors (Lipinski definition) is 3. The van der Waals surface area contributed by atoms with E-state index in [1.807, 2.05) is 37.2 Å². The van der Waals surface area contributed by atoms with Crippen molar-refractivity contribution >= 4 is 17.6 Å². The minimum Gasteiger partial charge on any atom is -0.481 e. The molecule has 1 atom stereocenters. The number of rotatable bonds is 7. The molecule has 0 saturated heterocycles. The van der Waals surface area contributed by atoms with Crippen LogP contribution in [0.3, 0.4) is 0 Å². The zero-order chi connectivity index (χ0) is 15.1. The van der Waals surface area contributed by atoms with Crippen molar-refractivity contribution in [2.75, 3.05) is 19.4 Å². The summed E-state index contributed by atoms with van der Waals surface area (Å²) in [5.41, 5.74) is 7.37. The first kappa shape index (κ1) is 16.1. The number of carbonyl (C=O) groups is 2. The number of aliphatic carboxylic acids is 1. The summed E-state index contributed by atoms with van der Waals surface area (Å²) in [5.74, 6) is -1.32. The van der Waals surface area contributed by atoms with Gasteiger partial charge in [0, 0.05) is 18.7 Å². The van der Waals surface area contributed by atoms with Crippen molar-refractivity contribution in [1.82, 2.24) is 4.90 Å². The smallest absolute Gasteiger partial charge is 0.303 e. The van der Waals surface area contributed by atoms with Gasteiger partial charge in [-0.1, -0.05) is 18.2 Å². The minimum absolute atomic E-state index is 0.117. The number of amides is 1. The van der Waals surface area contributed by atoms with Crippen LogP contribution in [-0.2, 0) is 16.1 Å². The third-order valence-electron chi connectivity index (χ3n) is 2.77. The Morgan fingerprint density at radius 3 is 2.60 bits per heavy atom. The summed E-state index contributed by atoms with van der Waals surface area (Å²) in [6.07, 6.45) is 0.00491. The number of benzene rings is 1. The monoisotopic (exact) mass is 279 g/mol. The molecule has 0 aromatic heterocycles.